The highest BCUT2D eigenvalue weighted by Crippen LogP contribution is 2.17. The summed E-state index contributed by atoms with van der Waals surface area (Å²) in [5.41, 5.74) is 0.730. The van der Waals surface area contributed by atoms with Gasteiger partial charge in [-0.1, -0.05) is 15.9 Å². The number of hydrogen-bond acceptors (Lipinski definition) is 3. The van der Waals surface area contributed by atoms with Crippen molar-refractivity contribution >= 4 is 21.7 Å². The van der Waals surface area contributed by atoms with Gasteiger partial charge < -0.3 is 9.80 Å². The lowest BCUT2D eigenvalue weighted by molar-refractivity contribution is -0.120. The van der Waals surface area contributed by atoms with Crippen LogP contribution in [0.25, 0.3) is 0 Å². The molecule has 0 N–H and O–H groups in total. The van der Waals surface area contributed by atoms with Gasteiger partial charge in [0.25, 0.3) is 0 Å². The molecule has 5 heteroatoms. The van der Waals surface area contributed by atoms with Crippen LogP contribution in [0.15, 0.2) is 22.7 Å². The summed E-state index contributed by atoms with van der Waals surface area (Å²) in [6.45, 7) is 2.94. The maximum atomic E-state index is 13.3. The summed E-state index contributed by atoms with van der Waals surface area (Å²) in [5.74, 6) is -0.147. The Bertz CT molecular complexity index is 475. The summed E-state index contributed by atoms with van der Waals surface area (Å²) < 4.78 is 14.0. The molecule has 1 fully saturated rings. The van der Waals surface area contributed by atoms with Gasteiger partial charge >= 0.3 is 0 Å². The molecule has 1 aliphatic heterocycles. The molecule has 20 heavy (non-hydrogen) atoms. The smallest absolute Gasteiger partial charge is 0.138 e. The van der Waals surface area contributed by atoms with E-state index in [1.807, 2.05) is 0 Å². The van der Waals surface area contributed by atoms with Crippen molar-refractivity contribution in [2.45, 2.75) is 18.9 Å². The predicted octanol–water partition coefficient (Wildman–Crippen LogP) is 2.34. The molecular formula is C15H20BrFN2O. The number of piperazine rings is 1. The standard InChI is InChI=1S/C15H20BrFN2O/c1-18-3-4-19(2)14(10-18)9-15(20)7-11-5-12(16)8-13(17)6-11/h5-6,8,14H,3-4,7,9-10H2,1-2H3. The Morgan fingerprint density at radius 2 is 2.10 bits per heavy atom. The molecule has 0 amide bonds. The molecule has 0 aliphatic carbocycles. The van der Waals surface area contributed by atoms with Gasteiger partial charge in [0.05, 0.1) is 0 Å². The van der Waals surface area contributed by atoms with Gasteiger partial charge in [-0.15, -0.1) is 0 Å². The summed E-state index contributed by atoms with van der Waals surface area (Å²) in [7, 11) is 4.14. The third-order valence-corrected chi connectivity index (χ3v) is 4.22. The van der Waals surface area contributed by atoms with Crippen molar-refractivity contribution in [3.8, 4) is 0 Å². The number of hydrogen-bond donors (Lipinski definition) is 0. The van der Waals surface area contributed by atoms with Gasteiger partial charge in [-0.2, -0.15) is 0 Å². The van der Waals surface area contributed by atoms with E-state index in [1.54, 1.807) is 6.07 Å². The van der Waals surface area contributed by atoms with Crippen molar-refractivity contribution in [2.24, 2.45) is 0 Å². The zero-order chi connectivity index (χ0) is 14.7. The molecule has 2 rings (SSSR count). The molecule has 1 heterocycles. The number of halogens is 2. The molecule has 0 saturated carbocycles. The minimum Gasteiger partial charge on any atom is -0.304 e. The Kier molecular flexibility index (Phi) is 5.29. The molecule has 0 spiro atoms. The number of ketones is 1. The van der Waals surface area contributed by atoms with Gasteiger partial charge in [-0.3, -0.25) is 4.79 Å². The second kappa shape index (κ2) is 6.78. The molecule has 1 unspecified atom stereocenters. The normalized spacial score (nSPS) is 21.1. The van der Waals surface area contributed by atoms with Crippen molar-refractivity contribution in [3.05, 3.63) is 34.1 Å². The molecule has 0 aromatic heterocycles. The molecule has 1 aromatic carbocycles. The minimum absolute atomic E-state index is 0.162. The first-order chi connectivity index (χ1) is 9.44. The van der Waals surface area contributed by atoms with Crippen molar-refractivity contribution < 1.29 is 9.18 Å². The highest BCUT2D eigenvalue weighted by Gasteiger charge is 2.24. The minimum atomic E-state index is -0.309. The Balaban J connectivity index is 1.94. The average Bonchev–Trinajstić information content (AvgIpc) is 2.32. The summed E-state index contributed by atoms with van der Waals surface area (Å²) in [5, 5.41) is 0. The predicted molar refractivity (Wildman–Crippen MR) is 81.3 cm³/mol. The first-order valence-corrected chi connectivity index (χ1v) is 7.59. The Labute approximate surface area is 127 Å². The van der Waals surface area contributed by atoms with Crippen LogP contribution in [-0.2, 0) is 11.2 Å². The maximum Gasteiger partial charge on any atom is 0.138 e. The third-order valence-electron chi connectivity index (χ3n) is 3.77. The lowest BCUT2D eigenvalue weighted by atomic mass is 10.0. The molecule has 110 valence electrons. The van der Waals surface area contributed by atoms with Crippen LogP contribution in [-0.4, -0.2) is 55.4 Å². The van der Waals surface area contributed by atoms with Crippen LogP contribution in [0, 0.1) is 5.82 Å². The van der Waals surface area contributed by atoms with E-state index in [0.717, 1.165) is 25.2 Å². The molecular weight excluding hydrogens is 323 g/mol. The van der Waals surface area contributed by atoms with Crippen LogP contribution in [0.2, 0.25) is 0 Å². The number of nitrogens with zero attached hydrogens (tertiary/aromatic N) is 2. The largest absolute Gasteiger partial charge is 0.304 e. The van der Waals surface area contributed by atoms with Crippen molar-refractivity contribution in [2.75, 3.05) is 33.7 Å². The molecule has 1 aromatic rings. The van der Waals surface area contributed by atoms with Crippen LogP contribution in [0.4, 0.5) is 4.39 Å². The van der Waals surface area contributed by atoms with Gasteiger partial charge in [0, 0.05) is 43.0 Å². The fourth-order valence-electron chi connectivity index (χ4n) is 2.60. The van der Waals surface area contributed by atoms with Crippen LogP contribution >= 0.6 is 15.9 Å². The van der Waals surface area contributed by atoms with Gasteiger partial charge in [0.15, 0.2) is 0 Å². The topological polar surface area (TPSA) is 23.6 Å². The second-order valence-corrected chi connectivity index (χ2v) is 6.51. The summed E-state index contributed by atoms with van der Waals surface area (Å²) >= 11 is 3.25. The molecule has 3 nitrogen and oxygen atoms in total. The van der Waals surface area contributed by atoms with Gasteiger partial charge in [-0.25, -0.2) is 4.39 Å². The monoisotopic (exact) mass is 342 g/mol. The number of rotatable bonds is 4. The van der Waals surface area contributed by atoms with Crippen LogP contribution in [0.5, 0.6) is 0 Å². The van der Waals surface area contributed by atoms with Gasteiger partial charge in [0.2, 0.25) is 0 Å². The second-order valence-electron chi connectivity index (χ2n) is 5.59. The van der Waals surface area contributed by atoms with E-state index in [1.165, 1.54) is 12.1 Å². The van der Waals surface area contributed by atoms with E-state index in [0.29, 0.717) is 17.3 Å². The van der Waals surface area contributed by atoms with E-state index in [4.69, 9.17) is 0 Å². The van der Waals surface area contributed by atoms with E-state index in [-0.39, 0.29) is 17.6 Å². The van der Waals surface area contributed by atoms with E-state index < -0.39 is 0 Å². The molecule has 0 radical (unpaired) electrons. The van der Waals surface area contributed by atoms with E-state index in [9.17, 15) is 9.18 Å². The van der Waals surface area contributed by atoms with E-state index in [2.05, 4.69) is 39.8 Å². The lowest BCUT2D eigenvalue weighted by Crippen LogP contribution is -2.50. The zero-order valence-electron chi connectivity index (χ0n) is 11.9. The number of likely N-dealkylation sites (N-methyl/N-ethyl adjacent to an activating group) is 2. The average molecular weight is 343 g/mol. The molecule has 1 aliphatic rings. The maximum absolute atomic E-state index is 13.3. The quantitative estimate of drug-likeness (QED) is 0.839. The fraction of sp³-hybridized carbons (Fsp3) is 0.533. The summed E-state index contributed by atoms with van der Waals surface area (Å²) in [6.07, 6.45) is 0.819. The molecule has 1 atom stereocenters. The Morgan fingerprint density at radius 1 is 1.35 bits per heavy atom. The van der Waals surface area contributed by atoms with Gasteiger partial charge in [0.1, 0.15) is 11.6 Å². The highest BCUT2D eigenvalue weighted by molar-refractivity contribution is 9.10. The lowest BCUT2D eigenvalue weighted by Gasteiger charge is -2.37. The van der Waals surface area contributed by atoms with E-state index >= 15 is 0 Å². The Hall–Kier alpha value is -0.780. The molecule has 0 bridgehead atoms. The van der Waals surface area contributed by atoms with Crippen molar-refractivity contribution in [3.63, 3.8) is 0 Å². The third kappa shape index (κ3) is 4.36. The molecule has 1 saturated heterocycles. The van der Waals surface area contributed by atoms with Crippen molar-refractivity contribution in [1.82, 2.24) is 9.80 Å². The van der Waals surface area contributed by atoms with Crippen molar-refractivity contribution in [1.29, 1.82) is 0 Å². The number of Topliss-reactive ketones (excluding diaryl/α,β-unsaturated/α-hetero) is 1. The van der Waals surface area contributed by atoms with Crippen LogP contribution in [0.1, 0.15) is 12.0 Å². The van der Waals surface area contributed by atoms with Crippen LogP contribution in [0.3, 0.4) is 0 Å². The van der Waals surface area contributed by atoms with Gasteiger partial charge in [-0.05, 0) is 37.9 Å². The fourth-order valence-corrected chi connectivity index (χ4v) is 3.11. The number of benzene rings is 1. The summed E-state index contributed by atoms with van der Waals surface area (Å²) in [4.78, 5) is 16.7. The van der Waals surface area contributed by atoms with Crippen LogP contribution < -0.4 is 0 Å². The highest BCUT2D eigenvalue weighted by atomic mass is 79.9. The summed E-state index contributed by atoms with van der Waals surface area (Å²) in [6, 6.07) is 4.90. The zero-order valence-corrected chi connectivity index (χ0v) is 13.5. The Morgan fingerprint density at radius 3 is 2.80 bits per heavy atom. The number of carbonyl (C=O) groups excluding carboxylic acids is 1. The number of carbonyl (C=O) groups is 1. The first-order valence-electron chi connectivity index (χ1n) is 6.79. The SMILES string of the molecule is CN1CCN(C)C(CC(=O)Cc2cc(F)cc(Br)c2)C1. The first kappa shape index (κ1) is 15.6.